The lowest BCUT2D eigenvalue weighted by Crippen LogP contribution is -2.29. The molecule has 1 amide bonds. The monoisotopic (exact) mass is 264 g/mol. The largest absolute Gasteiger partial charge is 0.370 e. The van der Waals surface area contributed by atoms with Crippen LogP contribution in [0.3, 0.4) is 0 Å². The van der Waals surface area contributed by atoms with E-state index in [-0.39, 0.29) is 23.2 Å². The van der Waals surface area contributed by atoms with Crippen LogP contribution in [0.4, 0.5) is 11.5 Å². The highest BCUT2D eigenvalue weighted by atomic mass is 16.6. The number of nitrogens with zero attached hydrogens (tertiary/aromatic N) is 3. The standard InChI is InChI=1S/C12H16N4O3/c1-3-13-11-10(6-9(7-14-11)16(18)19)12(17)15(2)8-4-5-8/h6-8H,3-5H2,1-2H3,(H,13,14). The molecule has 0 atom stereocenters. The van der Waals surface area contributed by atoms with Crippen molar-refractivity contribution in [2.75, 3.05) is 18.9 Å². The van der Waals surface area contributed by atoms with Crippen LogP contribution in [0.1, 0.15) is 30.1 Å². The molecule has 7 heteroatoms. The molecule has 0 aromatic carbocycles. The number of nitro groups is 1. The molecule has 1 aliphatic carbocycles. The topological polar surface area (TPSA) is 88.4 Å². The average molecular weight is 264 g/mol. The first-order valence-corrected chi connectivity index (χ1v) is 6.20. The maximum atomic E-state index is 12.3. The van der Waals surface area contributed by atoms with Crippen LogP contribution >= 0.6 is 0 Å². The Morgan fingerprint density at radius 2 is 2.32 bits per heavy atom. The van der Waals surface area contributed by atoms with E-state index in [0.29, 0.717) is 12.4 Å². The Labute approximate surface area is 110 Å². The van der Waals surface area contributed by atoms with E-state index >= 15 is 0 Å². The predicted molar refractivity (Wildman–Crippen MR) is 70.2 cm³/mol. The fourth-order valence-electron chi connectivity index (χ4n) is 1.84. The van der Waals surface area contributed by atoms with Crippen LogP contribution in [0.5, 0.6) is 0 Å². The van der Waals surface area contributed by atoms with Crippen LogP contribution in [0.25, 0.3) is 0 Å². The van der Waals surface area contributed by atoms with Crippen LogP contribution in [-0.4, -0.2) is 40.3 Å². The van der Waals surface area contributed by atoms with Crippen LogP contribution < -0.4 is 5.32 Å². The summed E-state index contributed by atoms with van der Waals surface area (Å²) in [6, 6.07) is 1.54. The maximum absolute atomic E-state index is 12.3. The molecule has 1 N–H and O–H groups in total. The Hall–Kier alpha value is -2.18. The number of pyridine rings is 1. The van der Waals surface area contributed by atoms with Gasteiger partial charge in [-0.05, 0) is 19.8 Å². The summed E-state index contributed by atoms with van der Waals surface area (Å²) in [5.74, 6) is 0.167. The van der Waals surface area contributed by atoms with Gasteiger partial charge in [0.15, 0.2) is 0 Å². The third-order valence-electron chi connectivity index (χ3n) is 3.07. The van der Waals surface area contributed by atoms with Crippen LogP contribution in [0.2, 0.25) is 0 Å². The number of amides is 1. The van der Waals surface area contributed by atoms with Crippen molar-refractivity contribution in [3.8, 4) is 0 Å². The van der Waals surface area contributed by atoms with Crippen LogP contribution in [0.15, 0.2) is 12.3 Å². The van der Waals surface area contributed by atoms with Crippen molar-refractivity contribution in [3.05, 3.63) is 27.9 Å². The van der Waals surface area contributed by atoms with E-state index in [9.17, 15) is 14.9 Å². The van der Waals surface area contributed by atoms with Crippen molar-refractivity contribution in [1.82, 2.24) is 9.88 Å². The predicted octanol–water partition coefficient (Wildman–Crippen LogP) is 1.66. The number of hydrogen-bond donors (Lipinski definition) is 1. The summed E-state index contributed by atoms with van der Waals surface area (Å²) in [5, 5.41) is 13.7. The summed E-state index contributed by atoms with van der Waals surface area (Å²) in [6.07, 6.45) is 3.13. The number of hydrogen-bond acceptors (Lipinski definition) is 5. The minimum Gasteiger partial charge on any atom is -0.370 e. The van der Waals surface area contributed by atoms with Gasteiger partial charge in [-0.3, -0.25) is 14.9 Å². The van der Waals surface area contributed by atoms with E-state index in [2.05, 4.69) is 10.3 Å². The third-order valence-corrected chi connectivity index (χ3v) is 3.07. The fraction of sp³-hybridized carbons (Fsp3) is 0.500. The van der Waals surface area contributed by atoms with E-state index in [0.717, 1.165) is 19.0 Å². The molecule has 0 aliphatic heterocycles. The first-order chi connectivity index (χ1) is 9.04. The molecular weight excluding hydrogens is 248 g/mol. The number of carbonyl (C=O) groups is 1. The molecule has 0 unspecified atom stereocenters. The zero-order chi connectivity index (χ0) is 14.0. The number of aromatic nitrogens is 1. The van der Waals surface area contributed by atoms with Gasteiger partial charge in [-0.25, -0.2) is 4.98 Å². The second kappa shape index (κ2) is 5.21. The smallest absolute Gasteiger partial charge is 0.288 e. The molecule has 0 radical (unpaired) electrons. The second-order valence-corrected chi connectivity index (χ2v) is 4.52. The molecule has 1 heterocycles. The van der Waals surface area contributed by atoms with Crippen molar-refractivity contribution in [3.63, 3.8) is 0 Å². The summed E-state index contributed by atoms with van der Waals surface area (Å²) in [7, 11) is 1.72. The Morgan fingerprint density at radius 1 is 1.63 bits per heavy atom. The molecular formula is C12H16N4O3. The van der Waals surface area contributed by atoms with E-state index in [4.69, 9.17) is 0 Å². The highest BCUT2D eigenvalue weighted by Gasteiger charge is 2.32. The molecule has 1 aromatic heterocycles. The lowest BCUT2D eigenvalue weighted by Gasteiger charge is -2.18. The van der Waals surface area contributed by atoms with Crippen molar-refractivity contribution in [1.29, 1.82) is 0 Å². The quantitative estimate of drug-likeness (QED) is 0.645. The minimum absolute atomic E-state index is 0.172. The second-order valence-electron chi connectivity index (χ2n) is 4.52. The Balaban J connectivity index is 2.35. The van der Waals surface area contributed by atoms with Crippen molar-refractivity contribution in [2.24, 2.45) is 0 Å². The van der Waals surface area contributed by atoms with Gasteiger partial charge in [-0.2, -0.15) is 0 Å². The summed E-state index contributed by atoms with van der Waals surface area (Å²) in [4.78, 5) is 28.2. The van der Waals surface area contributed by atoms with Gasteiger partial charge in [-0.15, -0.1) is 0 Å². The van der Waals surface area contributed by atoms with Crippen molar-refractivity contribution < 1.29 is 9.72 Å². The molecule has 0 saturated heterocycles. The molecule has 1 fully saturated rings. The van der Waals surface area contributed by atoms with Gasteiger partial charge < -0.3 is 10.2 Å². The Morgan fingerprint density at radius 3 is 2.84 bits per heavy atom. The summed E-state index contributed by atoms with van der Waals surface area (Å²) in [6.45, 7) is 2.47. The van der Waals surface area contributed by atoms with E-state index < -0.39 is 4.92 Å². The van der Waals surface area contributed by atoms with E-state index in [1.807, 2.05) is 6.92 Å². The normalized spacial score (nSPS) is 14.0. The van der Waals surface area contributed by atoms with Gasteiger partial charge in [0.25, 0.3) is 11.6 Å². The summed E-state index contributed by atoms with van der Waals surface area (Å²) >= 11 is 0. The molecule has 7 nitrogen and oxygen atoms in total. The van der Waals surface area contributed by atoms with Gasteiger partial charge in [0.1, 0.15) is 12.0 Å². The minimum atomic E-state index is -0.545. The van der Waals surface area contributed by atoms with Crippen molar-refractivity contribution in [2.45, 2.75) is 25.8 Å². The maximum Gasteiger partial charge on any atom is 0.288 e. The molecule has 19 heavy (non-hydrogen) atoms. The molecule has 2 rings (SSSR count). The number of carbonyl (C=O) groups excluding carboxylic acids is 1. The molecule has 0 spiro atoms. The Kier molecular flexibility index (Phi) is 3.64. The van der Waals surface area contributed by atoms with Gasteiger partial charge >= 0.3 is 0 Å². The van der Waals surface area contributed by atoms with E-state index in [1.165, 1.54) is 6.07 Å². The first-order valence-electron chi connectivity index (χ1n) is 6.20. The Bertz CT molecular complexity index is 514. The van der Waals surface area contributed by atoms with Gasteiger partial charge in [-0.1, -0.05) is 0 Å². The zero-order valence-corrected chi connectivity index (χ0v) is 10.9. The van der Waals surface area contributed by atoms with Crippen LogP contribution in [-0.2, 0) is 0 Å². The SMILES string of the molecule is CCNc1ncc([N+](=O)[O-])cc1C(=O)N(C)C1CC1. The zero-order valence-electron chi connectivity index (χ0n) is 10.9. The molecule has 0 bridgehead atoms. The fourth-order valence-corrected chi connectivity index (χ4v) is 1.84. The average Bonchev–Trinajstić information content (AvgIpc) is 3.22. The molecule has 1 saturated carbocycles. The van der Waals surface area contributed by atoms with E-state index in [1.54, 1.807) is 11.9 Å². The highest BCUT2D eigenvalue weighted by Crippen LogP contribution is 2.28. The molecule has 102 valence electrons. The van der Waals surface area contributed by atoms with Crippen molar-refractivity contribution >= 4 is 17.4 Å². The number of rotatable bonds is 5. The third kappa shape index (κ3) is 2.81. The lowest BCUT2D eigenvalue weighted by molar-refractivity contribution is -0.385. The lowest BCUT2D eigenvalue weighted by atomic mass is 10.2. The van der Waals surface area contributed by atoms with Gasteiger partial charge in [0.2, 0.25) is 0 Å². The van der Waals surface area contributed by atoms with Gasteiger partial charge in [0, 0.05) is 25.7 Å². The van der Waals surface area contributed by atoms with Gasteiger partial charge in [0.05, 0.1) is 10.5 Å². The summed E-state index contributed by atoms with van der Waals surface area (Å²) in [5.41, 5.74) is 0.0830. The first kappa shape index (κ1) is 13.3. The number of nitrogens with one attached hydrogen (secondary N) is 1. The molecule has 1 aliphatic rings. The molecule has 1 aromatic rings. The highest BCUT2D eigenvalue weighted by molar-refractivity contribution is 5.99. The van der Waals surface area contributed by atoms with Crippen LogP contribution in [0, 0.1) is 10.1 Å². The summed E-state index contributed by atoms with van der Waals surface area (Å²) < 4.78 is 0. The number of anilines is 1.